The molecule has 2 aromatic heterocycles. The summed E-state index contributed by atoms with van der Waals surface area (Å²) in [5.74, 6) is 1.10. The first-order valence-electron chi connectivity index (χ1n) is 10.2. The minimum absolute atomic E-state index is 0.404. The number of rotatable bonds is 13. The van der Waals surface area contributed by atoms with Gasteiger partial charge in [0.2, 0.25) is 4.86 Å². The predicted molar refractivity (Wildman–Crippen MR) is 156 cm³/mol. The van der Waals surface area contributed by atoms with E-state index in [1.807, 2.05) is 28.0 Å². The Kier molecular flexibility index (Phi) is 15.6. The van der Waals surface area contributed by atoms with Crippen LogP contribution in [0, 0.1) is 18.5 Å². The van der Waals surface area contributed by atoms with Crippen LogP contribution in [0.15, 0.2) is 24.8 Å². The third kappa shape index (κ3) is 11.9. The summed E-state index contributed by atoms with van der Waals surface area (Å²) in [5.41, 5.74) is 1.51. The molecule has 3 rings (SSSR count). The Labute approximate surface area is 246 Å². The van der Waals surface area contributed by atoms with Gasteiger partial charge in [-0.25, -0.2) is 0 Å². The van der Waals surface area contributed by atoms with Crippen LogP contribution < -0.4 is 0 Å². The van der Waals surface area contributed by atoms with E-state index in [-0.39, 0.29) is 0 Å². The molecule has 0 N–H and O–H groups in total. The van der Waals surface area contributed by atoms with E-state index in [9.17, 15) is 0 Å². The van der Waals surface area contributed by atoms with E-state index in [0.717, 1.165) is 39.1 Å². The average Bonchev–Trinajstić information content (AvgIpc) is 3.51. The second kappa shape index (κ2) is 16.9. The van der Waals surface area contributed by atoms with Crippen molar-refractivity contribution in [3.8, 4) is 0 Å². The number of hydrogen-bond donors (Lipinski definition) is 0. The van der Waals surface area contributed by atoms with Crippen LogP contribution in [-0.4, -0.2) is 64.5 Å². The van der Waals surface area contributed by atoms with Crippen molar-refractivity contribution in [3.05, 3.63) is 42.9 Å². The zero-order chi connectivity index (χ0) is 24.2. The Balaban J connectivity index is 0.00000187. The monoisotopic (exact) mass is 866 g/mol. The number of halogens is 3. The molecule has 4 atom stereocenters. The Hall–Kier alpha value is 1.29. The van der Waals surface area contributed by atoms with Crippen molar-refractivity contribution in [1.82, 2.24) is 39.8 Å². The van der Waals surface area contributed by atoms with Crippen LogP contribution in [-0.2, 0) is 45.1 Å². The standard InChI is InChI=1S/C17H26B2I2N8P2.Ag.BrH/c1-14(11-30-19-20)5-28-9-16(22-24-28)7-26-3-4-27(13-26)8-17-10-29(25-23-17)6-15(2)12-31(18)21;;/h3-4,9-10,13-15,30H,5-8,11-12H2,1-2H3;;1H/q-1;+1;/p-1. The molecule has 4 unspecified atom stereocenters. The molecule has 0 saturated heterocycles. The van der Waals surface area contributed by atoms with Gasteiger partial charge in [-0.05, 0) is 36.6 Å². The van der Waals surface area contributed by atoms with Crippen LogP contribution in [0.5, 0.6) is 0 Å². The second-order valence-electron chi connectivity index (χ2n) is 7.93. The second-order valence-corrected chi connectivity index (χ2v) is 15.7. The maximum absolute atomic E-state index is 5.94. The summed E-state index contributed by atoms with van der Waals surface area (Å²) >= 11 is 10.2. The van der Waals surface area contributed by atoms with Crippen molar-refractivity contribution >= 4 is 83.8 Å². The topological polar surface area (TPSA) is 67.9 Å². The van der Waals surface area contributed by atoms with E-state index >= 15 is 0 Å². The Bertz CT molecular complexity index is 850. The fourth-order valence-corrected chi connectivity index (χ4v) is 7.42. The van der Waals surface area contributed by atoms with Crippen LogP contribution in [0.25, 0.3) is 0 Å². The average molecular weight is 868 g/mol. The first-order valence-corrected chi connectivity index (χ1v) is 20.5. The van der Waals surface area contributed by atoms with E-state index in [4.69, 9.17) is 7.57 Å². The molecule has 0 saturated carbocycles. The molecule has 33 heavy (non-hydrogen) atoms. The van der Waals surface area contributed by atoms with Gasteiger partial charge in [-0.15, -0.1) is 18.7 Å². The zero-order valence-corrected chi connectivity index (χ0v) is 27.7. The fraction of sp³-hybridized carbons (Fsp3) is 0.588. The normalized spacial score (nSPS) is 16.2. The predicted octanol–water partition coefficient (Wildman–Crippen LogP) is 4.46. The molecular weight excluding hydrogens is 841 g/mol. The molecule has 0 fully saturated rings. The third-order valence-electron chi connectivity index (χ3n) is 4.63. The van der Waals surface area contributed by atoms with Gasteiger partial charge < -0.3 is 9.80 Å². The molecule has 16 heteroatoms. The van der Waals surface area contributed by atoms with Crippen molar-refractivity contribution in [3.63, 3.8) is 0 Å². The number of hydrogen-bond acceptors (Lipinski definition) is 6. The van der Waals surface area contributed by atoms with Crippen LogP contribution in [0.4, 0.5) is 0 Å². The molecule has 1 aliphatic heterocycles. The summed E-state index contributed by atoms with van der Waals surface area (Å²) in [6.45, 7) is 9.69. The van der Waals surface area contributed by atoms with Crippen LogP contribution in [0.3, 0.4) is 0 Å². The van der Waals surface area contributed by atoms with Crippen LogP contribution in [0.1, 0.15) is 25.2 Å². The van der Waals surface area contributed by atoms with E-state index in [1.54, 1.807) is 0 Å². The van der Waals surface area contributed by atoms with Gasteiger partial charge >= 0.3 is 32.0 Å². The van der Waals surface area contributed by atoms with E-state index < -0.39 is 5.44 Å². The number of aromatic nitrogens is 6. The van der Waals surface area contributed by atoms with Crippen LogP contribution in [0.2, 0.25) is 0 Å². The van der Waals surface area contributed by atoms with E-state index in [2.05, 4.69) is 138 Å². The molecule has 0 spiro atoms. The van der Waals surface area contributed by atoms with Gasteiger partial charge in [0.05, 0.1) is 23.8 Å². The summed E-state index contributed by atoms with van der Waals surface area (Å²) in [7, 11) is 6.84. The van der Waals surface area contributed by atoms with Gasteiger partial charge in [0, 0.05) is 26.2 Å². The summed E-state index contributed by atoms with van der Waals surface area (Å²) in [5, 5.41) is 17.2. The summed E-state index contributed by atoms with van der Waals surface area (Å²) in [4.78, 5) is 6.43. The first-order chi connectivity index (χ1) is 15.9. The van der Waals surface area contributed by atoms with Gasteiger partial charge in [0.1, 0.15) is 7.57 Å². The van der Waals surface area contributed by atoms with Gasteiger partial charge in [-0.3, -0.25) is 9.36 Å². The molecular formula is C17H26AgB2BrI2N8P2-. The van der Waals surface area contributed by atoms with Crippen molar-refractivity contribution in [2.75, 3.05) is 12.3 Å². The first kappa shape index (κ1) is 30.5. The molecule has 0 aliphatic carbocycles. The Morgan fingerprint density at radius 2 is 1.61 bits per heavy atom. The fourth-order valence-electron chi connectivity index (χ4n) is 3.30. The molecule has 0 aromatic carbocycles. The molecule has 1 aliphatic rings. The summed E-state index contributed by atoms with van der Waals surface area (Å²) in [6, 6.07) is 0. The van der Waals surface area contributed by atoms with Crippen molar-refractivity contribution in [2.24, 2.45) is 11.8 Å². The molecule has 0 bridgehead atoms. The maximum atomic E-state index is 5.94. The van der Waals surface area contributed by atoms with Crippen molar-refractivity contribution in [2.45, 2.75) is 40.0 Å². The minimum atomic E-state index is -0.404. The molecule has 8 nitrogen and oxygen atoms in total. The molecule has 3 radical (unpaired) electrons. The molecule has 2 aromatic rings. The van der Waals surface area contributed by atoms with E-state index in [0.29, 0.717) is 24.9 Å². The summed E-state index contributed by atoms with van der Waals surface area (Å²) < 4.78 is 3.88. The van der Waals surface area contributed by atoms with E-state index in [1.165, 1.54) is 6.16 Å². The third-order valence-corrected chi connectivity index (χ3v) is 9.20. The van der Waals surface area contributed by atoms with Crippen molar-refractivity contribution < 1.29 is 18.9 Å². The molecule has 183 valence electrons. The summed E-state index contributed by atoms with van der Waals surface area (Å²) in [6.07, 6.45) is 10.4. The molecule has 0 amide bonds. The van der Waals surface area contributed by atoms with Crippen molar-refractivity contribution in [1.29, 1.82) is 0 Å². The van der Waals surface area contributed by atoms with Gasteiger partial charge in [-0.2, -0.15) is 29.0 Å². The quantitative estimate of drug-likeness (QED) is 0.129. The Morgan fingerprint density at radius 3 is 2.09 bits per heavy atom. The SMILES string of the molecule is [B]P(I)CC(C)Cn1cc(CN2C=CN(Cc3cn(CC(C)CP[B]I)nn3)[CH-]2)nn1.[Br][Ag]. The number of nitrogens with zero attached hydrogens (tertiary/aromatic N) is 8. The zero-order valence-electron chi connectivity index (χ0n) is 18.4. The molecule has 3 heterocycles. The van der Waals surface area contributed by atoms with Gasteiger partial charge in [-0.1, -0.05) is 51.8 Å². The van der Waals surface area contributed by atoms with Gasteiger partial charge in [0.15, 0.2) is 0 Å². The van der Waals surface area contributed by atoms with Gasteiger partial charge in [0.25, 0.3) is 0 Å². The Morgan fingerprint density at radius 1 is 1.09 bits per heavy atom. The van der Waals surface area contributed by atoms with Crippen LogP contribution >= 0.6 is 71.3 Å².